The molecule has 6 heavy (non-hydrogen) atoms. The van der Waals surface area contributed by atoms with Crippen molar-refractivity contribution in [2.24, 2.45) is 0 Å². The van der Waals surface area contributed by atoms with Gasteiger partial charge in [-0.3, -0.25) is 5.21 Å². The third kappa shape index (κ3) is 9.68. The van der Waals surface area contributed by atoms with Gasteiger partial charge in [0.2, 0.25) is 0 Å². The van der Waals surface area contributed by atoms with Gasteiger partial charge < -0.3 is 5.11 Å². The highest BCUT2D eigenvalue weighted by Gasteiger charge is 1.79. The van der Waals surface area contributed by atoms with Crippen LogP contribution in [0.2, 0.25) is 0 Å². The van der Waals surface area contributed by atoms with Crippen molar-refractivity contribution in [3.8, 4) is 0 Å². The Balaban J connectivity index is 0. The van der Waals surface area contributed by atoms with Gasteiger partial charge in [0.25, 0.3) is 0 Å². The van der Waals surface area contributed by atoms with Crippen molar-refractivity contribution in [2.75, 3.05) is 0 Å². The van der Waals surface area contributed by atoms with E-state index in [4.69, 9.17) is 15.1 Å². The monoisotopic (exact) mass is 113 g/mol. The maximum atomic E-state index is 9.01. The maximum absolute atomic E-state index is 9.01. The molecule has 0 aromatic carbocycles. The summed E-state index contributed by atoms with van der Waals surface area (Å²) in [6.45, 7) is 0. The maximum Gasteiger partial charge on any atom is 0.428 e. The molecule has 0 aliphatic rings. The van der Waals surface area contributed by atoms with Crippen LogP contribution in [0.5, 0.6) is 0 Å². The number of hydrogen-bond donors (Lipinski definition) is 3. The lowest BCUT2D eigenvalue weighted by Crippen LogP contribution is -2.14. The summed E-state index contributed by atoms with van der Waals surface area (Å²) in [6, 6.07) is 0. The van der Waals surface area contributed by atoms with Crippen LogP contribution in [0.25, 0.3) is 0 Å². The Morgan fingerprint density at radius 2 is 1.83 bits per heavy atom. The molecule has 4 nitrogen and oxygen atoms in total. The number of carboxylic acid groups (broad SMARTS) is 1. The summed E-state index contributed by atoms with van der Waals surface area (Å²) in [5.74, 6) is 0. The lowest BCUT2D eigenvalue weighted by atomic mass is 11.3. The minimum absolute atomic E-state index is 0. The van der Waals surface area contributed by atoms with Gasteiger partial charge in [-0.2, -0.15) is 0 Å². The fourth-order valence-electron chi connectivity index (χ4n) is 0. The van der Waals surface area contributed by atoms with Crippen LogP contribution in [-0.4, -0.2) is 16.4 Å². The predicted molar refractivity (Wildman–Crippen MR) is 20.2 cm³/mol. The van der Waals surface area contributed by atoms with Crippen molar-refractivity contribution in [3.63, 3.8) is 0 Å². The van der Waals surface area contributed by atoms with Crippen LogP contribution in [0.1, 0.15) is 0 Å². The molecule has 5 heteroatoms. The number of rotatable bonds is 0. The first kappa shape index (κ1) is 9.10. The van der Waals surface area contributed by atoms with Gasteiger partial charge in [0.05, 0.1) is 0 Å². The Morgan fingerprint density at radius 1 is 1.67 bits per heavy atom. The Labute approximate surface area is 40.1 Å². The molecule has 0 rings (SSSR count). The molecule has 3 N–H and O–H groups in total. The Bertz CT molecular complexity index is 46.1. The van der Waals surface area contributed by atoms with E-state index in [1.165, 1.54) is 0 Å². The van der Waals surface area contributed by atoms with E-state index in [-0.39, 0.29) is 12.4 Å². The quantitative estimate of drug-likeness (QED) is 0.307. The fourth-order valence-corrected chi connectivity index (χ4v) is 0. The highest BCUT2D eigenvalue weighted by Crippen LogP contribution is 1.45. The van der Waals surface area contributed by atoms with Crippen LogP contribution >= 0.6 is 12.4 Å². The predicted octanol–water partition coefficient (Wildman–Crippen LogP) is 0.0650. The van der Waals surface area contributed by atoms with Gasteiger partial charge in [-0.15, -0.1) is 12.4 Å². The average Bonchev–Trinajstić information content (AvgIpc) is 1.38. The minimum Gasteiger partial charge on any atom is -0.464 e. The smallest absolute Gasteiger partial charge is 0.428 e. The van der Waals surface area contributed by atoms with E-state index in [0.717, 1.165) is 5.48 Å². The second kappa shape index (κ2) is 4.52. The standard InChI is InChI=1S/CH3NO3.ClH/c3-1(4)2-5;/h2,5H,(H,3,4);1H. The number of hydroxylamine groups is 1. The summed E-state index contributed by atoms with van der Waals surface area (Å²) in [4.78, 5) is 9.01. The fraction of sp³-hybridized carbons (Fsp3) is 0. The second-order valence-electron chi connectivity index (χ2n) is 0.417. The summed E-state index contributed by atoms with van der Waals surface area (Å²) >= 11 is 0. The molecule has 0 bridgehead atoms. The van der Waals surface area contributed by atoms with E-state index in [1.54, 1.807) is 0 Å². The number of amides is 1. The van der Waals surface area contributed by atoms with Gasteiger partial charge in [-0.05, 0) is 0 Å². The topological polar surface area (TPSA) is 69.6 Å². The highest BCUT2D eigenvalue weighted by atomic mass is 35.5. The van der Waals surface area contributed by atoms with Gasteiger partial charge in [0.15, 0.2) is 0 Å². The molecule has 0 aromatic rings. The zero-order valence-corrected chi connectivity index (χ0v) is 3.53. The van der Waals surface area contributed by atoms with E-state index in [1.807, 2.05) is 0 Å². The molecular formula is CH4ClNO3. The Hall–Kier alpha value is -0.480. The van der Waals surface area contributed by atoms with Gasteiger partial charge >= 0.3 is 6.09 Å². The van der Waals surface area contributed by atoms with E-state index in [0.29, 0.717) is 0 Å². The Kier molecular flexibility index (Phi) is 6.86. The molecule has 1 amide bonds. The minimum atomic E-state index is -1.44. The van der Waals surface area contributed by atoms with Crippen LogP contribution in [0, 0.1) is 0 Å². The normalized spacial score (nSPS) is 5.50. The van der Waals surface area contributed by atoms with E-state index < -0.39 is 6.09 Å². The molecule has 0 heterocycles. The van der Waals surface area contributed by atoms with Crippen molar-refractivity contribution < 1.29 is 15.1 Å². The van der Waals surface area contributed by atoms with Gasteiger partial charge in [0.1, 0.15) is 0 Å². The third-order valence-electron chi connectivity index (χ3n) is 0.0956. The molecule has 0 saturated carbocycles. The highest BCUT2D eigenvalue weighted by molar-refractivity contribution is 5.85. The molecule has 0 unspecified atom stereocenters. The average molecular weight is 113 g/mol. The molecule has 0 aliphatic carbocycles. The number of hydrogen-bond acceptors (Lipinski definition) is 2. The summed E-state index contributed by atoms with van der Waals surface area (Å²) < 4.78 is 0. The second-order valence-corrected chi connectivity index (χ2v) is 0.417. The lowest BCUT2D eigenvalue weighted by Gasteiger charge is -1.77. The van der Waals surface area contributed by atoms with Crippen LogP contribution in [-0.2, 0) is 0 Å². The van der Waals surface area contributed by atoms with Crippen molar-refractivity contribution in [3.05, 3.63) is 0 Å². The number of carbonyl (C=O) groups is 1. The summed E-state index contributed by atoms with van der Waals surface area (Å²) in [5.41, 5.74) is 0.944. The van der Waals surface area contributed by atoms with Crippen molar-refractivity contribution in [1.82, 2.24) is 5.48 Å². The molecule has 0 saturated heterocycles. The van der Waals surface area contributed by atoms with Crippen molar-refractivity contribution >= 4 is 18.5 Å². The molecule has 0 aliphatic heterocycles. The zero-order chi connectivity index (χ0) is 4.28. The van der Waals surface area contributed by atoms with E-state index in [9.17, 15) is 0 Å². The molecule has 0 spiro atoms. The van der Waals surface area contributed by atoms with Gasteiger partial charge in [-0.25, -0.2) is 10.3 Å². The first-order chi connectivity index (χ1) is 2.27. The molecule has 0 atom stereocenters. The molecule has 38 valence electrons. The first-order valence-corrected chi connectivity index (χ1v) is 0.901. The number of halogens is 1. The van der Waals surface area contributed by atoms with Crippen molar-refractivity contribution in [2.45, 2.75) is 0 Å². The Morgan fingerprint density at radius 3 is 1.83 bits per heavy atom. The van der Waals surface area contributed by atoms with Gasteiger partial charge in [0, 0.05) is 0 Å². The lowest BCUT2D eigenvalue weighted by molar-refractivity contribution is 0.122. The summed E-state index contributed by atoms with van der Waals surface area (Å²) in [7, 11) is 0. The van der Waals surface area contributed by atoms with E-state index in [2.05, 4.69) is 0 Å². The molecular weight excluding hydrogens is 109 g/mol. The largest absolute Gasteiger partial charge is 0.464 e. The van der Waals surface area contributed by atoms with Crippen LogP contribution in [0.4, 0.5) is 4.79 Å². The summed E-state index contributed by atoms with van der Waals surface area (Å²) in [6.07, 6.45) is -1.44. The zero-order valence-electron chi connectivity index (χ0n) is 2.71. The molecule has 0 radical (unpaired) electrons. The van der Waals surface area contributed by atoms with Crippen LogP contribution in [0.3, 0.4) is 0 Å². The first-order valence-electron chi connectivity index (χ1n) is 0.901. The third-order valence-corrected chi connectivity index (χ3v) is 0.0956. The SMILES string of the molecule is Cl.O=C(O)NO. The van der Waals surface area contributed by atoms with E-state index >= 15 is 0 Å². The number of nitrogens with one attached hydrogen (secondary N) is 1. The molecule has 0 fully saturated rings. The summed E-state index contributed by atoms with van der Waals surface area (Å²) in [5, 5.41) is 14.7. The molecule has 0 aromatic heterocycles. The van der Waals surface area contributed by atoms with Crippen molar-refractivity contribution in [1.29, 1.82) is 0 Å². The van der Waals surface area contributed by atoms with Gasteiger partial charge in [-0.1, -0.05) is 0 Å². The van der Waals surface area contributed by atoms with Crippen LogP contribution < -0.4 is 5.48 Å². The van der Waals surface area contributed by atoms with Crippen LogP contribution in [0.15, 0.2) is 0 Å².